The summed E-state index contributed by atoms with van der Waals surface area (Å²) in [5.74, 6) is 2.44. The standard InChI is InChI=1S/C23H21N3O3S2/c1-27-19-11-16(12-20(28-2)22(19)29-3)18-9-10-21(26-25-18)30-13-17-14-31-23(24-17)15-7-5-4-6-8-15/h4-12,14H,13H2,1-3H3. The van der Waals surface area contributed by atoms with E-state index in [1.165, 1.54) is 0 Å². The van der Waals surface area contributed by atoms with E-state index in [1.807, 2.05) is 42.5 Å². The van der Waals surface area contributed by atoms with E-state index in [-0.39, 0.29) is 0 Å². The summed E-state index contributed by atoms with van der Waals surface area (Å²) < 4.78 is 16.2. The van der Waals surface area contributed by atoms with Crippen LogP contribution in [0.15, 0.2) is 65.0 Å². The Morgan fingerprint density at radius 1 is 0.839 bits per heavy atom. The molecule has 0 N–H and O–H groups in total. The van der Waals surface area contributed by atoms with Crippen LogP contribution in [0.4, 0.5) is 0 Å². The molecule has 6 nitrogen and oxygen atoms in total. The quantitative estimate of drug-likeness (QED) is 0.324. The molecule has 31 heavy (non-hydrogen) atoms. The Labute approximate surface area is 189 Å². The lowest BCUT2D eigenvalue weighted by molar-refractivity contribution is 0.324. The maximum absolute atomic E-state index is 5.42. The second-order valence-corrected chi connectivity index (χ2v) is 8.32. The fourth-order valence-corrected chi connectivity index (χ4v) is 4.65. The molecule has 8 heteroatoms. The maximum atomic E-state index is 5.42. The van der Waals surface area contributed by atoms with Crippen LogP contribution >= 0.6 is 23.1 Å². The van der Waals surface area contributed by atoms with Gasteiger partial charge in [0.05, 0.1) is 32.7 Å². The van der Waals surface area contributed by atoms with Crippen molar-refractivity contribution < 1.29 is 14.2 Å². The number of ether oxygens (including phenoxy) is 3. The van der Waals surface area contributed by atoms with E-state index in [9.17, 15) is 0 Å². The van der Waals surface area contributed by atoms with Crippen LogP contribution in [0.2, 0.25) is 0 Å². The summed E-state index contributed by atoms with van der Waals surface area (Å²) in [5.41, 5.74) is 3.73. The van der Waals surface area contributed by atoms with Gasteiger partial charge in [-0.2, -0.15) is 0 Å². The molecule has 158 valence electrons. The molecule has 4 aromatic rings. The highest BCUT2D eigenvalue weighted by Crippen LogP contribution is 2.40. The number of aromatic nitrogens is 3. The lowest BCUT2D eigenvalue weighted by atomic mass is 10.1. The molecule has 2 heterocycles. The van der Waals surface area contributed by atoms with Gasteiger partial charge in [0, 0.05) is 22.3 Å². The lowest BCUT2D eigenvalue weighted by Gasteiger charge is -2.13. The average molecular weight is 452 g/mol. The number of thiazole rings is 1. The van der Waals surface area contributed by atoms with Gasteiger partial charge in [-0.1, -0.05) is 42.1 Å². The third-order valence-electron chi connectivity index (χ3n) is 4.54. The molecule has 0 unspecified atom stereocenters. The van der Waals surface area contributed by atoms with E-state index in [4.69, 9.17) is 19.2 Å². The fraction of sp³-hybridized carbons (Fsp3) is 0.174. The van der Waals surface area contributed by atoms with Crippen molar-refractivity contribution in [2.75, 3.05) is 21.3 Å². The molecule has 0 atom stereocenters. The molecule has 0 fully saturated rings. The predicted molar refractivity (Wildman–Crippen MR) is 124 cm³/mol. The Bertz CT molecular complexity index is 1120. The highest BCUT2D eigenvalue weighted by atomic mass is 32.2. The number of rotatable bonds is 8. The van der Waals surface area contributed by atoms with Crippen molar-refractivity contribution in [2.24, 2.45) is 0 Å². The highest BCUT2D eigenvalue weighted by Gasteiger charge is 2.15. The minimum atomic E-state index is 0.548. The van der Waals surface area contributed by atoms with Crippen LogP contribution in [-0.4, -0.2) is 36.5 Å². The predicted octanol–water partition coefficient (Wildman–Crippen LogP) is 5.59. The smallest absolute Gasteiger partial charge is 0.203 e. The molecular weight excluding hydrogens is 430 g/mol. The number of methoxy groups -OCH3 is 3. The van der Waals surface area contributed by atoms with Gasteiger partial charge < -0.3 is 14.2 Å². The molecular formula is C23H21N3O3S2. The summed E-state index contributed by atoms with van der Waals surface area (Å²) in [4.78, 5) is 4.73. The van der Waals surface area contributed by atoms with Crippen molar-refractivity contribution in [3.05, 3.63) is 65.7 Å². The van der Waals surface area contributed by atoms with Gasteiger partial charge in [0.25, 0.3) is 0 Å². The van der Waals surface area contributed by atoms with E-state index < -0.39 is 0 Å². The minimum Gasteiger partial charge on any atom is -0.493 e. The van der Waals surface area contributed by atoms with Gasteiger partial charge in [0.15, 0.2) is 11.5 Å². The Hall–Kier alpha value is -3.10. The molecule has 0 spiro atoms. The molecule has 0 saturated carbocycles. The summed E-state index contributed by atoms with van der Waals surface area (Å²) in [7, 11) is 4.76. The van der Waals surface area contributed by atoms with Crippen LogP contribution in [0.3, 0.4) is 0 Å². The normalized spacial score (nSPS) is 10.7. The van der Waals surface area contributed by atoms with Crippen molar-refractivity contribution >= 4 is 23.1 Å². The van der Waals surface area contributed by atoms with Gasteiger partial charge in [0.2, 0.25) is 5.75 Å². The van der Waals surface area contributed by atoms with Gasteiger partial charge in [-0.15, -0.1) is 21.5 Å². The van der Waals surface area contributed by atoms with Crippen LogP contribution in [0.25, 0.3) is 21.8 Å². The van der Waals surface area contributed by atoms with Crippen LogP contribution in [-0.2, 0) is 5.75 Å². The maximum Gasteiger partial charge on any atom is 0.203 e. The topological polar surface area (TPSA) is 66.4 Å². The molecule has 0 aliphatic rings. The zero-order valence-electron chi connectivity index (χ0n) is 17.4. The number of hydrogen-bond donors (Lipinski definition) is 0. The summed E-state index contributed by atoms with van der Waals surface area (Å²) in [6.07, 6.45) is 0. The van der Waals surface area contributed by atoms with Gasteiger partial charge in [-0.3, -0.25) is 0 Å². The number of nitrogens with zero attached hydrogens (tertiary/aromatic N) is 3. The van der Waals surface area contributed by atoms with Gasteiger partial charge >= 0.3 is 0 Å². The van der Waals surface area contributed by atoms with E-state index in [0.717, 1.165) is 38.3 Å². The van der Waals surface area contributed by atoms with Gasteiger partial charge in [0.1, 0.15) is 10.0 Å². The third kappa shape index (κ3) is 4.81. The molecule has 0 amide bonds. The van der Waals surface area contributed by atoms with Crippen molar-refractivity contribution in [3.63, 3.8) is 0 Å². The lowest BCUT2D eigenvalue weighted by Crippen LogP contribution is -1.97. The third-order valence-corrected chi connectivity index (χ3v) is 6.43. The van der Waals surface area contributed by atoms with Gasteiger partial charge in [-0.25, -0.2) is 4.98 Å². The van der Waals surface area contributed by atoms with E-state index in [2.05, 4.69) is 27.7 Å². The molecule has 0 aliphatic heterocycles. The summed E-state index contributed by atoms with van der Waals surface area (Å²) in [6.45, 7) is 0. The Morgan fingerprint density at radius 3 is 2.19 bits per heavy atom. The Morgan fingerprint density at radius 2 is 1.58 bits per heavy atom. The minimum absolute atomic E-state index is 0.548. The first-order valence-corrected chi connectivity index (χ1v) is 11.3. The first kappa shape index (κ1) is 21.1. The van der Waals surface area contributed by atoms with E-state index in [0.29, 0.717) is 17.2 Å². The second kappa shape index (κ2) is 9.80. The average Bonchev–Trinajstić information content (AvgIpc) is 3.32. The van der Waals surface area contributed by atoms with Crippen LogP contribution in [0, 0.1) is 0 Å². The van der Waals surface area contributed by atoms with Crippen LogP contribution in [0.5, 0.6) is 17.2 Å². The molecule has 0 bridgehead atoms. The summed E-state index contributed by atoms with van der Waals surface area (Å²) in [5, 5.41) is 12.7. The largest absolute Gasteiger partial charge is 0.493 e. The highest BCUT2D eigenvalue weighted by molar-refractivity contribution is 7.98. The van der Waals surface area contributed by atoms with E-state index >= 15 is 0 Å². The molecule has 0 saturated heterocycles. The Balaban J connectivity index is 1.46. The summed E-state index contributed by atoms with van der Waals surface area (Å²) in [6, 6.07) is 17.8. The van der Waals surface area contributed by atoms with Crippen LogP contribution < -0.4 is 14.2 Å². The van der Waals surface area contributed by atoms with Crippen molar-refractivity contribution in [3.8, 4) is 39.1 Å². The van der Waals surface area contributed by atoms with Gasteiger partial charge in [-0.05, 0) is 24.3 Å². The number of thioether (sulfide) groups is 1. The Kier molecular flexibility index (Phi) is 6.69. The first-order valence-electron chi connectivity index (χ1n) is 9.48. The SMILES string of the molecule is COc1cc(-c2ccc(SCc3csc(-c4ccccc4)n3)nn2)cc(OC)c1OC. The number of hydrogen-bond acceptors (Lipinski definition) is 8. The van der Waals surface area contributed by atoms with Crippen molar-refractivity contribution in [1.82, 2.24) is 15.2 Å². The van der Waals surface area contributed by atoms with Crippen molar-refractivity contribution in [2.45, 2.75) is 10.8 Å². The van der Waals surface area contributed by atoms with Crippen molar-refractivity contribution in [1.29, 1.82) is 0 Å². The summed E-state index contributed by atoms with van der Waals surface area (Å²) >= 11 is 3.26. The second-order valence-electron chi connectivity index (χ2n) is 6.47. The molecule has 2 aromatic carbocycles. The fourth-order valence-electron chi connectivity index (χ4n) is 3.01. The molecule has 2 aromatic heterocycles. The molecule has 0 aliphatic carbocycles. The first-order chi connectivity index (χ1) is 15.2. The van der Waals surface area contributed by atoms with E-state index in [1.54, 1.807) is 44.4 Å². The number of benzene rings is 2. The monoisotopic (exact) mass is 451 g/mol. The molecule has 4 rings (SSSR count). The zero-order valence-corrected chi connectivity index (χ0v) is 19.0. The molecule has 0 radical (unpaired) electrons. The zero-order chi connectivity index (χ0) is 21.6. The van der Waals surface area contributed by atoms with Crippen LogP contribution in [0.1, 0.15) is 5.69 Å².